The largest absolute Gasteiger partial charge is 0.279 e. The lowest BCUT2D eigenvalue weighted by atomic mass is 10.1. The summed E-state index contributed by atoms with van der Waals surface area (Å²) in [6, 6.07) is 13.9. The van der Waals surface area contributed by atoms with Crippen LogP contribution in [-0.4, -0.2) is 8.42 Å². The Hall–Kier alpha value is -1.82. The van der Waals surface area contributed by atoms with Crippen LogP contribution in [0.15, 0.2) is 64.2 Å². The van der Waals surface area contributed by atoms with Crippen LogP contribution in [0.3, 0.4) is 0 Å². The van der Waals surface area contributed by atoms with E-state index in [-0.39, 0.29) is 4.90 Å². The van der Waals surface area contributed by atoms with Crippen molar-refractivity contribution in [3.05, 3.63) is 69.9 Å². The standard InChI is InChI=1S/C17H14ClNO2S2/c1-12-2-3-13(14-8-9-22-11-14)10-17(12)19-23(20,21)16-6-4-15(18)5-7-16/h2-11,19H,1H3. The Bertz CT molecular complexity index is 918. The van der Waals surface area contributed by atoms with Gasteiger partial charge in [0.2, 0.25) is 0 Å². The predicted molar refractivity (Wildman–Crippen MR) is 96.8 cm³/mol. The van der Waals surface area contributed by atoms with E-state index in [2.05, 4.69) is 4.72 Å². The van der Waals surface area contributed by atoms with E-state index in [1.165, 1.54) is 12.1 Å². The Morgan fingerprint density at radius 1 is 1.00 bits per heavy atom. The summed E-state index contributed by atoms with van der Waals surface area (Å²) in [5.41, 5.74) is 3.48. The molecule has 0 saturated heterocycles. The van der Waals surface area contributed by atoms with Crippen LogP contribution in [0.2, 0.25) is 5.02 Å². The minimum absolute atomic E-state index is 0.183. The van der Waals surface area contributed by atoms with Crippen molar-refractivity contribution in [3.8, 4) is 11.1 Å². The van der Waals surface area contributed by atoms with Crippen LogP contribution in [0.1, 0.15) is 5.56 Å². The second-order valence-electron chi connectivity index (χ2n) is 5.10. The van der Waals surface area contributed by atoms with Gasteiger partial charge in [0.25, 0.3) is 10.0 Å². The van der Waals surface area contributed by atoms with Crippen molar-refractivity contribution in [1.29, 1.82) is 0 Å². The van der Waals surface area contributed by atoms with E-state index in [1.54, 1.807) is 23.5 Å². The van der Waals surface area contributed by atoms with Gasteiger partial charge in [-0.25, -0.2) is 8.42 Å². The summed E-state index contributed by atoms with van der Waals surface area (Å²) >= 11 is 7.42. The van der Waals surface area contributed by atoms with Crippen molar-refractivity contribution < 1.29 is 8.42 Å². The number of hydrogen-bond donors (Lipinski definition) is 1. The molecule has 23 heavy (non-hydrogen) atoms. The minimum Gasteiger partial charge on any atom is -0.279 e. The van der Waals surface area contributed by atoms with Crippen LogP contribution < -0.4 is 4.72 Å². The Labute approximate surface area is 144 Å². The van der Waals surface area contributed by atoms with Crippen LogP contribution in [0.4, 0.5) is 5.69 Å². The zero-order valence-electron chi connectivity index (χ0n) is 12.3. The third-order valence-electron chi connectivity index (χ3n) is 3.46. The fraction of sp³-hybridized carbons (Fsp3) is 0.0588. The van der Waals surface area contributed by atoms with Gasteiger partial charge >= 0.3 is 0 Å². The first-order valence-electron chi connectivity index (χ1n) is 6.87. The van der Waals surface area contributed by atoms with Crippen LogP contribution in [-0.2, 0) is 10.0 Å². The average Bonchev–Trinajstić information content (AvgIpc) is 3.04. The molecule has 1 heterocycles. The molecule has 0 radical (unpaired) electrons. The van der Waals surface area contributed by atoms with Crippen LogP contribution in [0, 0.1) is 6.92 Å². The lowest BCUT2D eigenvalue weighted by Crippen LogP contribution is -2.13. The summed E-state index contributed by atoms with van der Waals surface area (Å²) < 4.78 is 27.7. The number of anilines is 1. The normalized spacial score (nSPS) is 11.4. The second kappa shape index (κ2) is 6.35. The number of hydrogen-bond acceptors (Lipinski definition) is 3. The first-order valence-corrected chi connectivity index (χ1v) is 9.68. The Balaban J connectivity index is 1.96. The molecule has 0 aliphatic heterocycles. The zero-order chi connectivity index (χ0) is 16.4. The van der Waals surface area contributed by atoms with E-state index in [4.69, 9.17) is 11.6 Å². The number of rotatable bonds is 4. The number of sulfonamides is 1. The van der Waals surface area contributed by atoms with Gasteiger partial charge in [-0.3, -0.25) is 4.72 Å². The van der Waals surface area contributed by atoms with E-state index < -0.39 is 10.0 Å². The maximum Gasteiger partial charge on any atom is 0.261 e. The molecule has 0 atom stereocenters. The van der Waals surface area contributed by atoms with Crippen molar-refractivity contribution in [1.82, 2.24) is 0 Å². The molecular formula is C17H14ClNO2S2. The lowest BCUT2D eigenvalue weighted by Gasteiger charge is -2.12. The van der Waals surface area contributed by atoms with Crippen LogP contribution in [0.25, 0.3) is 11.1 Å². The van der Waals surface area contributed by atoms with Gasteiger partial charge in [-0.15, -0.1) is 0 Å². The van der Waals surface area contributed by atoms with Gasteiger partial charge in [-0.2, -0.15) is 11.3 Å². The first kappa shape index (κ1) is 16.1. The lowest BCUT2D eigenvalue weighted by molar-refractivity contribution is 0.601. The van der Waals surface area contributed by atoms with Crippen LogP contribution >= 0.6 is 22.9 Å². The molecule has 0 unspecified atom stereocenters. The van der Waals surface area contributed by atoms with E-state index in [9.17, 15) is 8.42 Å². The van der Waals surface area contributed by atoms with E-state index >= 15 is 0 Å². The maximum atomic E-state index is 12.5. The molecule has 0 aliphatic rings. The summed E-state index contributed by atoms with van der Waals surface area (Å²) in [5.74, 6) is 0. The van der Waals surface area contributed by atoms with Gasteiger partial charge < -0.3 is 0 Å². The van der Waals surface area contributed by atoms with Crippen molar-refractivity contribution in [2.75, 3.05) is 4.72 Å². The molecule has 6 heteroatoms. The number of benzene rings is 2. The van der Waals surface area contributed by atoms with E-state index in [0.717, 1.165) is 16.7 Å². The summed E-state index contributed by atoms with van der Waals surface area (Å²) in [4.78, 5) is 0.183. The summed E-state index contributed by atoms with van der Waals surface area (Å²) in [5, 5.41) is 4.52. The molecule has 3 rings (SSSR count). The van der Waals surface area contributed by atoms with Gasteiger partial charge in [0, 0.05) is 5.02 Å². The topological polar surface area (TPSA) is 46.2 Å². The molecule has 3 nitrogen and oxygen atoms in total. The summed E-state index contributed by atoms with van der Waals surface area (Å²) in [7, 11) is -3.64. The molecule has 0 saturated carbocycles. The number of halogens is 1. The third-order valence-corrected chi connectivity index (χ3v) is 5.78. The molecule has 0 bridgehead atoms. The highest BCUT2D eigenvalue weighted by Crippen LogP contribution is 2.28. The maximum absolute atomic E-state index is 12.5. The molecule has 1 aromatic heterocycles. The van der Waals surface area contributed by atoms with Crippen LogP contribution in [0.5, 0.6) is 0 Å². The smallest absolute Gasteiger partial charge is 0.261 e. The van der Waals surface area contributed by atoms with Gasteiger partial charge in [0.1, 0.15) is 0 Å². The molecule has 3 aromatic rings. The van der Waals surface area contributed by atoms with Crippen molar-refractivity contribution in [2.45, 2.75) is 11.8 Å². The molecule has 0 aliphatic carbocycles. The molecule has 1 N–H and O–H groups in total. The monoisotopic (exact) mass is 363 g/mol. The van der Waals surface area contributed by atoms with E-state index in [0.29, 0.717) is 10.7 Å². The predicted octanol–water partition coefficient (Wildman–Crippen LogP) is 5.18. The van der Waals surface area contributed by atoms with Gasteiger partial charge in [0.15, 0.2) is 0 Å². The Morgan fingerprint density at radius 2 is 1.74 bits per heavy atom. The average molecular weight is 364 g/mol. The summed E-state index contributed by atoms with van der Waals surface area (Å²) in [6.07, 6.45) is 0. The molecule has 0 fully saturated rings. The number of aryl methyl sites for hydroxylation is 1. The Morgan fingerprint density at radius 3 is 2.39 bits per heavy atom. The Kier molecular flexibility index (Phi) is 4.43. The first-order chi connectivity index (χ1) is 11.0. The molecule has 118 valence electrons. The van der Waals surface area contributed by atoms with Gasteiger partial charge in [-0.1, -0.05) is 23.7 Å². The SMILES string of the molecule is Cc1ccc(-c2ccsc2)cc1NS(=O)(=O)c1ccc(Cl)cc1. The highest BCUT2D eigenvalue weighted by molar-refractivity contribution is 7.92. The van der Waals surface area contributed by atoms with Gasteiger partial charge in [0.05, 0.1) is 10.6 Å². The molecular weight excluding hydrogens is 350 g/mol. The van der Waals surface area contributed by atoms with Gasteiger partial charge in [-0.05, 0) is 70.8 Å². The summed E-state index contributed by atoms with van der Waals surface area (Å²) in [6.45, 7) is 1.87. The second-order valence-corrected chi connectivity index (χ2v) is 8.00. The van der Waals surface area contributed by atoms with Crippen molar-refractivity contribution in [2.24, 2.45) is 0 Å². The quantitative estimate of drug-likeness (QED) is 0.694. The molecule has 2 aromatic carbocycles. The van der Waals surface area contributed by atoms with Crippen molar-refractivity contribution >= 4 is 38.6 Å². The molecule has 0 amide bonds. The molecule has 0 spiro atoms. The fourth-order valence-electron chi connectivity index (χ4n) is 2.16. The van der Waals surface area contributed by atoms with E-state index in [1.807, 2.05) is 41.9 Å². The third kappa shape index (κ3) is 3.58. The number of nitrogens with one attached hydrogen (secondary N) is 1. The fourth-order valence-corrected chi connectivity index (χ4v) is 4.07. The highest BCUT2D eigenvalue weighted by atomic mass is 35.5. The highest BCUT2D eigenvalue weighted by Gasteiger charge is 2.15. The minimum atomic E-state index is -3.64. The van der Waals surface area contributed by atoms with Crippen molar-refractivity contribution in [3.63, 3.8) is 0 Å². The number of thiophene rings is 1. The zero-order valence-corrected chi connectivity index (χ0v) is 14.7.